The fourth-order valence-corrected chi connectivity index (χ4v) is 7.71. The van der Waals surface area contributed by atoms with Gasteiger partial charge in [-0.25, -0.2) is 13.2 Å². The SMILES string of the molecule is CC(C)(C)OC(=O)N1Cc2ccccc2C[C@H]1C(=O)N[C@H]1CC[C@@H]2CN(S(=O)(=O)c3cccc(C(F)(F)F)c3)C[C@@H]21. The van der Waals surface area contributed by atoms with Crippen LogP contribution >= 0.6 is 0 Å². The van der Waals surface area contributed by atoms with E-state index >= 15 is 0 Å². The Labute approximate surface area is 237 Å². The Morgan fingerprint density at radius 2 is 1.68 bits per heavy atom. The minimum Gasteiger partial charge on any atom is -0.444 e. The monoisotopic (exact) mass is 593 g/mol. The molecule has 0 unspecified atom stereocenters. The smallest absolute Gasteiger partial charge is 0.416 e. The summed E-state index contributed by atoms with van der Waals surface area (Å²) in [4.78, 5) is 27.8. The van der Waals surface area contributed by atoms with Gasteiger partial charge in [0.25, 0.3) is 0 Å². The largest absolute Gasteiger partial charge is 0.444 e. The van der Waals surface area contributed by atoms with Gasteiger partial charge in [0.15, 0.2) is 0 Å². The van der Waals surface area contributed by atoms with E-state index in [1.807, 2.05) is 24.3 Å². The van der Waals surface area contributed by atoms with E-state index in [0.717, 1.165) is 23.3 Å². The highest BCUT2D eigenvalue weighted by Crippen LogP contribution is 2.41. The van der Waals surface area contributed by atoms with Crippen LogP contribution in [0.4, 0.5) is 18.0 Å². The van der Waals surface area contributed by atoms with Gasteiger partial charge in [-0.3, -0.25) is 9.69 Å². The molecule has 2 heterocycles. The van der Waals surface area contributed by atoms with Crippen LogP contribution in [-0.2, 0) is 38.7 Å². The molecular formula is C29H34F3N3O5S. The van der Waals surface area contributed by atoms with Crippen molar-refractivity contribution < 1.29 is 35.9 Å². The first-order valence-corrected chi connectivity index (χ1v) is 15.1. The summed E-state index contributed by atoms with van der Waals surface area (Å²) in [7, 11) is -4.16. The van der Waals surface area contributed by atoms with Gasteiger partial charge in [0, 0.05) is 25.6 Å². The number of carbonyl (C=O) groups excluding carboxylic acids is 2. The number of hydrogen-bond acceptors (Lipinski definition) is 5. The molecule has 2 amide bonds. The molecule has 2 aromatic rings. The van der Waals surface area contributed by atoms with Gasteiger partial charge >= 0.3 is 12.3 Å². The third kappa shape index (κ3) is 6.08. The first kappa shape index (κ1) is 29.4. The van der Waals surface area contributed by atoms with Gasteiger partial charge in [0.1, 0.15) is 11.6 Å². The Bertz CT molecular complexity index is 1440. The second-order valence-corrected chi connectivity index (χ2v) is 14.0. The summed E-state index contributed by atoms with van der Waals surface area (Å²) < 4.78 is 73.0. The van der Waals surface area contributed by atoms with Crippen LogP contribution in [0.15, 0.2) is 53.4 Å². The van der Waals surface area contributed by atoms with Crippen molar-refractivity contribution in [3.63, 3.8) is 0 Å². The molecule has 1 N–H and O–H groups in total. The Morgan fingerprint density at radius 1 is 0.976 bits per heavy atom. The maximum Gasteiger partial charge on any atom is 0.416 e. The summed E-state index contributed by atoms with van der Waals surface area (Å²) in [5, 5.41) is 3.08. The van der Waals surface area contributed by atoms with E-state index in [0.29, 0.717) is 25.3 Å². The van der Waals surface area contributed by atoms with Crippen molar-refractivity contribution in [1.29, 1.82) is 0 Å². The fraction of sp³-hybridized carbons (Fsp3) is 0.517. The van der Waals surface area contributed by atoms with Crippen molar-refractivity contribution in [2.24, 2.45) is 11.8 Å². The molecule has 12 heteroatoms. The molecule has 1 aliphatic carbocycles. The van der Waals surface area contributed by atoms with Gasteiger partial charge in [-0.2, -0.15) is 17.5 Å². The van der Waals surface area contributed by atoms with E-state index in [1.54, 1.807) is 20.8 Å². The van der Waals surface area contributed by atoms with Gasteiger partial charge < -0.3 is 10.1 Å². The number of ether oxygens (including phenoxy) is 1. The molecule has 222 valence electrons. The van der Waals surface area contributed by atoms with Gasteiger partial charge in [0.05, 0.1) is 17.0 Å². The molecule has 0 bridgehead atoms. The van der Waals surface area contributed by atoms with Crippen LogP contribution in [0, 0.1) is 11.8 Å². The van der Waals surface area contributed by atoms with Crippen molar-refractivity contribution in [1.82, 2.24) is 14.5 Å². The molecule has 2 fully saturated rings. The highest BCUT2D eigenvalue weighted by Gasteiger charge is 2.48. The van der Waals surface area contributed by atoms with Crippen LogP contribution in [0.2, 0.25) is 0 Å². The number of nitrogens with zero attached hydrogens (tertiary/aromatic N) is 2. The lowest BCUT2D eigenvalue weighted by molar-refractivity contribution is -0.137. The predicted octanol–water partition coefficient (Wildman–Crippen LogP) is 4.58. The fourth-order valence-electron chi connectivity index (χ4n) is 6.13. The zero-order valence-corrected chi connectivity index (χ0v) is 24.0. The molecule has 5 rings (SSSR count). The third-order valence-electron chi connectivity index (χ3n) is 8.13. The number of halogens is 3. The molecule has 41 heavy (non-hydrogen) atoms. The van der Waals surface area contributed by atoms with E-state index in [1.165, 1.54) is 15.3 Å². The molecule has 4 atom stereocenters. The molecule has 3 aliphatic rings. The highest BCUT2D eigenvalue weighted by atomic mass is 32.2. The van der Waals surface area contributed by atoms with E-state index in [9.17, 15) is 31.2 Å². The highest BCUT2D eigenvalue weighted by molar-refractivity contribution is 7.89. The summed E-state index contributed by atoms with van der Waals surface area (Å²) in [6, 6.07) is 10.3. The minimum atomic E-state index is -4.66. The Morgan fingerprint density at radius 3 is 2.37 bits per heavy atom. The Kier molecular flexibility index (Phi) is 7.60. The van der Waals surface area contributed by atoms with Gasteiger partial charge in [-0.05, 0) is 74.8 Å². The van der Waals surface area contributed by atoms with Crippen molar-refractivity contribution in [3.8, 4) is 0 Å². The number of fused-ring (bicyclic) bond motifs is 2. The quantitative estimate of drug-likeness (QED) is 0.560. The van der Waals surface area contributed by atoms with Crippen LogP contribution in [0.5, 0.6) is 0 Å². The second-order valence-electron chi connectivity index (χ2n) is 12.1. The van der Waals surface area contributed by atoms with Crippen LogP contribution in [0.1, 0.15) is 50.3 Å². The van der Waals surface area contributed by atoms with Gasteiger partial charge in [0.2, 0.25) is 15.9 Å². The maximum absolute atomic E-state index is 13.7. The lowest BCUT2D eigenvalue weighted by Crippen LogP contribution is -2.55. The Hall–Kier alpha value is -3.12. The zero-order chi connectivity index (χ0) is 29.7. The number of hydrogen-bond donors (Lipinski definition) is 1. The number of sulfonamides is 1. The van der Waals surface area contributed by atoms with E-state index < -0.39 is 44.4 Å². The summed E-state index contributed by atoms with van der Waals surface area (Å²) in [6.45, 7) is 5.78. The molecule has 0 spiro atoms. The topological polar surface area (TPSA) is 96.0 Å². The van der Waals surface area contributed by atoms with E-state index in [-0.39, 0.29) is 43.4 Å². The number of alkyl halides is 3. The molecule has 8 nitrogen and oxygen atoms in total. The molecule has 0 aromatic heterocycles. The van der Waals surface area contributed by atoms with Crippen molar-refractivity contribution >= 4 is 22.0 Å². The van der Waals surface area contributed by atoms with Crippen molar-refractivity contribution in [2.45, 2.75) is 75.3 Å². The summed E-state index contributed by atoms with van der Waals surface area (Å²) in [5.41, 5.74) is 0.142. The molecule has 2 aliphatic heterocycles. The normalized spacial score (nSPS) is 25.0. The second kappa shape index (κ2) is 10.6. The first-order valence-electron chi connectivity index (χ1n) is 13.7. The first-order chi connectivity index (χ1) is 19.1. The molecule has 1 saturated heterocycles. The van der Waals surface area contributed by atoms with Crippen LogP contribution in [-0.4, -0.2) is 60.4 Å². The number of rotatable bonds is 4. The van der Waals surface area contributed by atoms with E-state index in [2.05, 4.69) is 5.32 Å². The molecule has 2 aromatic carbocycles. The molecule has 0 radical (unpaired) electrons. The van der Waals surface area contributed by atoms with Gasteiger partial charge in [-0.1, -0.05) is 30.3 Å². The number of nitrogens with one attached hydrogen (secondary N) is 1. The third-order valence-corrected chi connectivity index (χ3v) is 9.96. The summed E-state index contributed by atoms with van der Waals surface area (Å²) in [6.07, 6.45) is -3.61. The lowest BCUT2D eigenvalue weighted by Gasteiger charge is -2.37. The molecule has 1 saturated carbocycles. The summed E-state index contributed by atoms with van der Waals surface area (Å²) in [5.74, 6) is -0.560. The molecular weight excluding hydrogens is 559 g/mol. The van der Waals surface area contributed by atoms with Crippen molar-refractivity contribution in [3.05, 3.63) is 65.2 Å². The average molecular weight is 594 g/mol. The van der Waals surface area contributed by atoms with Gasteiger partial charge in [-0.15, -0.1) is 0 Å². The van der Waals surface area contributed by atoms with Crippen LogP contribution < -0.4 is 5.32 Å². The van der Waals surface area contributed by atoms with E-state index in [4.69, 9.17) is 4.74 Å². The Balaban J connectivity index is 1.31. The maximum atomic E-state index is 13.7. The summed E-state index contributed by atoms with van der Waals surface area (Å²) >= 11 is 0. The zero-order valence-electron chi connectivity index (χ0n) is 23.1. The average Bonchev–Trinajstić information content (AvgIpc) is 3.49. The van der Waals surface area contributed by atoms with Crippen molar-refractivity contribution in [2.75, 3.05) is 13.1 Å². The number of benzene rings is 2. The predicted molar refractivity (Wildman–Crippen MR) is 144 cm³/mol. The lowest BCUT2D eigenvalue weighted by atomic mass is 9.93. The van der Waals surface area contributed by atoms with Crippen LogP contribution in [0.25, 0.3) is 0 Å². The minimum absolute atomic E-state index is 0.0325. The standard InChI is InChI=1S/C29H34F3N3O5S/c1-28(2,3)40-27(37)35-16-19-8-5-4-7-18(19)13-25(35)26(36)33-24-12-11-20-15-34(17-23(20)24)41(38,39)22-10-6-9-21(14-22)29(30,31)32/h4-10,14,20,23-25H,11-13,15-17H2,1-3H3,(H,33,36)/t20-,23+,24+,25+/m1/s1. The number of amides is 2. The van der Waals surface area contributed by atoms with Crippen LogP contribution in [0.3, 0.4) is 0 Å². The number of carbonyl (C=O) groups is 2.